The molecular formula is C19H29N5O3. The van der Waals surface area contributed by atoms with Crippen molar-refractivity contribution < 1.29 is 14.1 Å². The molecule has 2 heterocycles. The summed E-state index contributed by atoms with van der Waals surface area (Å²) in [6.45, 7) is 2.89. The van der Waals surface area contributed by atoms with E-state index in [0.717, 1.165) is 25.7 Å². The number of carbonyl (C=O) groups excluding carboxylic acids is 2. The van der Waals surface area contributed by atoms with Gasteiger partial charge >= 0.3 is 6.03 Å². The number of urea groups is 1. The Labute approximate surface area is 159 Å². The normalized spacial score (nSPS) is 26.6. The third-order valence-electron chi connectivity index (χ3n) is 5.97. The standard InChI is InChI=1S/C19H29N5O3/c1-12-20-18(27-23-12)15-9-10-24(11-16(15)22-17(25)13-7-8-13)19(26)21-14-5-3-2-4-6-14/h13-16H,2-11H2,1H3,(H,21,26)(H,22,25)/t15-,16+/m0/s1. The molecule has 3 fully saturated rings. The van der Waals surface area contributed by atoms with E-state index in [1.54, 1.807) is 6.92 Å². The Bertz CT molecular complexity index is 681. The molecule has 3 aliphatic rings. The molecule has 4 rings (SSSR count). The predicted molar refractivity (Wildman–Crippen MR) is 98.0 cm³/mol. The summed E-state index contributed by atoms with van der Waals surface area (Å²) in [5, 5.41) is 10.2. The number of hydrogen-bond donors (Lipinski definition) is 2. The summed E-state index contributed by atoms with van der Waals surface area (Å²) >= 11 is 0. The number of carbonyl (C=O) groups is 2. The third kappa shape index (κ3) is 4.42. The lowest BCUT2D eigenvalue weighted by atomic mass is 9.91. The summed E-state index contributed by atoms with van der Waals surface area (Å²) in [4.78, 5) is 31.3. The van der Waals surface area contributed by atoms with Crippen LogP contribution in [-0.4, -0.2) is 52.2 Å². The van der Waals surface area contributed by atoms with Gasteiger partial charge < -0.3 is 20.1 Å². The van der Waals surface area contributed by atoms with Gasteiger partial charge in [-0.25, -0.2) is 4.79 Å². The van der Waals surface area contributed by atoms with Crippen LogP contribution in [0.2, 0.25) is 0 Å². The highest BCUT2D eigenvalue weighted by molar-refractivity contribution is 5.81. The summed E-state index contributed by atoms with van der Waals surface area (Å²) in [5.41, 5.74) is 0. The second kappa shape index (κ2) is 7.86. The van der Waals surface area contributed by atoms with E-state index in [9.17, 15) is 9.59 Å². The zero-order valence-corrected chi connectivity index (χ0v) is 15.9. The molecule has 0 unspecified atom stereocenters. The van der Waals surface area contributed by atoms with Crippen LogP contribution < -0.4 is 10.6 Å². The molecule has 0 bridgehead atoms. The summed E-state index contributed by atoms with van der Waals surface area (Å²) in [6.07, 6.45) is 8.36. The maximum Gasteiger partial charge on any atom is 0.317 e. The van der Waals surface area contributed by atoms with Gasteiger partial charge in [-0.15, -0.1) is 0 Å². The monoisotopic (exact) mass is 375 g/mol. The van der Waals surface area contributed by atoms with E-state index in [-0.39, 0.29) is 35.9 Å². The van der Waals surface area contributed by atoms with Crippen LogP contribution in [0.1, 0.15) is 69.0 Å². The lowest BCUT2D eigenvalue weighted by molar-refractivity contribution is -0.123. The molecule has 0 aromatic carbocycles. The highest BCUT2D eigenvalue weighted by Gasteiger charge is 2.39. The number of aromatic nitrogens is 2. The average Bonchev–Trinajstić information content (AvgIpc) is 3.44. The zero-order chi connectivity index (χ0) is 18.8. The van der Waals surface area contributed by atoms with Gasteiger partial charge in [0.05, 0.1) is 12.0 Å². The first-order valence-corrected chi connectivity index (χ1v) is 10.3. The van der Waals surface area contributed by atoms with E-state index in [1.165, 1.54) is 19.3 Å². The molecule has 0 spiro atoms. The molecule has 0 radical (unpaired) electrons. The Morgan fingerprint density at radius 2 is 1.85 bits per heavy atom. The van der Waals surface area contributed by atoms with Gasteiger partial charge in [0.25, 0.3) is 0 Å². The van der Waals surface area contributed by atoms with Gasteiger partial charge in [-0.3, -0.25) is 4.79 Å². The smallest absolute Gasteiger partial charge is 0.317 e. The van der Waals surface area contributed by atoms with Crippen LogP contribution >= 0.6 is 0 Å². The second-order valence-electron chi connectivity index (χ2n) is 8.19. The Morgan fingerprint density at radius 1 is 1.07 bits per heavy atom. The molecule has 2 N–H and O–H groups in total. The topological polar surface area (TPSA) is 100 Å². The van der Waals surface area contributed by atoms with Crippen molar-refractivity contribution in [2.75, 3.05) is 13.1 Å². The third-order valence-corrected chi connectivity index (χ3v) is 5.97. The van der Waals surface area contributed by atoms with Gasteiger partial charge in [-0.05, 0) is 39.0 Å². The molecule has 2 saturated carbocycles. The summed E-state index contributed by atoms with van der Waals surface area (Å²) < 4.78 is 5.38. The second-order valence-corrected chi connectivity index (χ2v) is 8.19. The van der Waals surface area contributed by atoms with Crippen molar-refractivity contribution >= 4 is 11.9 Å². The summed E-state index contributed by atoms with van der Waals surface area (Å²) in [6, 6.07) is 0.0682. The van der Waals surface area contributed by atoms with Crippen LogP contribution in [0, 0.1) is 12.8 Å². The maximum absolute atomic E-state index is 12.7. The Kier molecular flexibility index (Phi) is 5.31. The Balaban J connectivity index is 1.42. The van der Waals surface area contributed by atoms with Crippen molar-refractivity contribution in [1.82, 2.24) is 25.7 Å². The van der Waals surface area contributed by atoms with Crippen molar-refractivity contribution in [3.05, 3.63) is 11.7 Å². The van der Waals surface area contributed by atoms with Gasteiger partial charge in [0.15, 0.2) is 5.82 Å². The van der Waals surface area contributed by atoms with E-state index in [1.807, 2.05) is 4.90 Å². The van der Waals surface area contributed by atoms with E-state index in [2.05, 4.69) is 20.8 Å². The molecule has 8 heteroatoms. The zero-order valence-electron chi connectivity index (χ0n) is 15.9. The first kappa shape index (κ1) is 18.3. The quantitative estimate of drug-likeness (QED) is 0.839. The number of rotatable bonds is 4. The lowest BCUT2D eigenvalue weighted by Gasteiger charge is -2.38. The SMILES string of the molecule is Cc1noc([C@H]2CCN(C(=O)NC3CCCCC3)C[C@H]2NC(=O)C2CC2)n1. The first-order chi connectivity index (χ1) is 13.1. The van der Waals surface area contributed by atoms with Crippen molar-refractivity contribution in [3.63, 3.8) is 0 Å². The molecule has 2 atom stereocenters. The number of amides is 3. The van der Waals surface area contributed by atoms with Crippen LogP contribution in [0.4, 0.5) is 4.79 Å². The highest BCUT2D eigenvalue weighted by Crippen LogP contribution is 2.32. The molecule has 3 amide bonds. The van der Waals surface area contributed by atoms with Crippen LogP contribution in [0.3, 0.4) is 0 Å². The Morgan fingerprint density at radius 3 is 2.52 bits per heavy atom. The van der Waals surface area contributed by atoms with Crippen LogP contribution in [0.5, 0.6) is 0 Å². The summed E-state index contributed by atoms with van der Waals surface area (Å²) in [7, 11) is 0. The minimum atomic E-state index is -0.191. The molecule has 148 valence electrons. The summed E-state index contributed by atoms with van der Waals surface area (Å²) in [5.74, 6) is 1.31. The van der Waals surface area contributed by atoms with E-state index in [0.29, 0.717) is 31.2 Å². The molecule has 2 aliphatic carbocycles. The number of nitrogens with zero attached hydrogens (tertiary/aromatic N) is 3. The van der Waals surface area contributed by atoms with E-state index < -0.39 is 0 Å². The minimum absolute atomic E-state index is 0.0206. The predicted octanol–water partition coefficient (Wildman–Crippen LogP) is 2.10. The van der Waals surface area contributed by atoms with E-state index in [4.69, 9.17) is 4.52 Å². The van der Waals surface area contributed by atoms with Crippen LogP contribution in [0.25, 0.3) is 0 Å². The molecular weight excluding hydrogens is 346 g/mol. The van der Waals surface area contributed by atoms with Gasteiger partial charge in [0.1, 0.15) is 0 Å². The number of aryl methyl sites for hydroxylation is 1. The number of piperidine rings is 1. The number of nitrogens with one attached hydrogen (secondary N) is 2. The molecule has 1 aromatic heterocycles. The number of hydrogen-bond acceptors (Lipinski definition) is 5. The fraction of sp³-hybridized carbons (Fsp3) is 0.789. The Hall–Kier alpha value is -2.12. The molecule has 1 saturated heterocycles. The van der Waals surface area contributed by atoms with Gasteiger partial charge in [-0.1, -0.05) is 24.4 Å². The highest BCUT2D eigenvalue weighted by atomic mass is 16.5. The van der Waals surface area contributed by atoms with Crippen molar-refractivity contribution in [1.29, 1.82) is 0 Å². The maximum atomic E-state index is 12.7. The van der Waals surface area contributed by atoms with Crippen LogP contribution in [0.15, 0.2) is 4.52 Å². The molecule has 27 heavy (non-hydrogen) atoms. The van der Waals surface area contributed by atoms with Crippen molar-refractivity contribution in [2.24, 2.45) is 5.92 Å². The molecule has 8 nitrogen and oxygen atoms in total. The minimum Gasteiger partial charge on any atom is -0.351 e. The first-order valence-electron chi connectivity index (χ1n) is 10.3. The van der Waals surface area contributed by atoms with Crippen molar-refractivity contribution in [2.45, 2.75) is 76.3 Å². The van der Waals surface area contributed by atoms with Gasteiger partial charge in [0.2, 0.25) is 11.8 Å². The fourth-order valence-electron chi connectivity index (χ4n) is 4.20. The molecule has 1 aliphatic heterocycles. The molecule has 1 aromatic rings. The largest absolute Gasteiger partial charge is 0.351 e. The van der Waals surface area contributed by atoms with Gasteiger partial charge in [0, 0.05) is 25.0 Å². The van der Waals surface area contributed by atoms with Crippen molar-refractivity contribution in [3.8, 4) is 0 Å². The van der Waals surface area contributed by atoms with E-state index >= 15 is 0 Å². The fourth-order valence-corrected chi connectivity index (χ4v) is 4.20. The lowest BCUT2D eigenvalue weighted by Crippen LogP contribution is -2.56. The number of likely N-dealkylation sites (tertiary alicyclic amines) is 1. The van der Waals surface area contributed by atoms with Gasteiger partial charge in [-0.2, -0.15) is 4.98 Å². The average molecular weight is 375 g/mol. The van der Waals surface area contributed by atoms with Crippen LogP contribution in [-0.2, 0) is 4.79 Å².